The van der Waals surface area contributed by atoms with Gasteiger partial charge in [0.1, 0.15) is 11.6 Å². The average molecular weight is 310 g/mol. The van der Waals surface area contributed by atoms with Crippen LogP contribution in [0.25, 0.3) is 11.4 Å². The first-order valence-electron chi connectivity index (χ1n) is 6.82. The summed E-state index contributed by atoms with van der Waals surface area (Å²) in [6.45, 7) is 2.75. The molecule has 1 aromatic heterocycles. The first-order valence-corrected chi connectivity index (χ1v) is 7.20. The average Bonchev–Trinajstić information content (AvgIpc) is 2.50. The van der Waals surface area contributed by atoms with Crippen molar-refractivity contribution in [2.24, 2.45) is 0 Å². The number of nitrogens with zero attached hydrogens (tertiary/aromatic N) is 2. The minimum absolute atomic E-state index is 0.0489. The van der Waals surface area contributed by atoms with E-state index in [1.165, 1.54) is 12.1 Å². The molecule has 21 heavy (non-hydrogen) atoms. The lowest BCUT2D eigenvalue weighted by atomic mass is 10.2. The predicted octanol–water partition coefficient (Wildman–Crippen LogP) is 3.29. The van der Waals surface area contributed by atoms with E-state index in [9.17, 15) is 4.39 Å². The third-order valence-electron chi connectivity index (χ3n) is 2.96. The number of anilines is 1. The molecule has 0 saturated carbocycles. The number of aromatic nitrogens is 2. The van der Waals surface area contributed by atoms with Crippen LogP contribution in [0.4, 0.5) is 10.2 Å². The Morgan fingerprint density at radius 1 is 1.29 bits per heavy atom. The standard InChI is InChI=1S/C15H17ClFN3O/c1-2-11-9-14(18-6-3-7-21)20-15(19-11)10-4-5-13(17)12(16)8-10/h4-5,8-9,21H,2-3,6-7H2,1H3,(H,18,19,20). The molecule has 0 spiro atoms. The van der Waals surface area contributed by atoms with Crippen LogP contribution in [0, 0.1) is 5.82 Å². The smallest absolute Gasteiger partial charge is 0.161 e. The summed E-state index contributed by atoms with van der Waals surface area (Å²) in [6.07, 6.45) is 1.41. The van der Waals surface area contributed by atoms with Crippen LogP contribution in [-0.2, 0) is 6.42 Å². The van der Waals surface area contributed by atoms with Gasteiger partial charge in [-0.1, -0.05) is 18.5 Å². The van der Waals surface area contributed by atoms with Crippen LogP contribution in [0.1, 0.15) is 19.0 Å². The summed E-state index contributed by atoms with van der Waals surface area (Å²) in [5, 5.41) is 12.0. The monoisotopic (exact) mass is 309 g/mol. The van der Waals surface area contributed by atoms with Crippen LogP contribution in [-0.4, -0.2) is 28.2 Å². The Kier molecular flexibility index (Phi) is 5.47. The van der Waals surface area contributed by atoms with Gasteiger partial charge in [0.2, 0.25) is 0 Å². The van der Waals surface area contributed by atoms with Crippen LogP contribution >= 0.6 is 11.6 Å². The molecule has 0 fully saturated rings. The van der Waals surface area contributed by atoms with Gasteiger partial charge in [-0.3, -0.25) is 0 Å². The van der Waals surface area contributed by atoms with E-state index in [1.807, 2.05) is 13.0 Å². The minimum atomic E-state index is -0.464. The van der Waals surface area contributed by atoms with Gasteiger partial charge in [0.25, 0.3) is 0 Å². The lowest BCUT2D eigenvalue weighted by Crippen LogP contribution is -2.07. The van der Waals surface area contributed by atoms with Gasteiger partial charge >= 0.3 is 0 Å². The lowest BCUT2D eigenvalue weighted by Gasteiger charge is -2.09. The maximum Gasteiger partial charge on any atom is 0.161 e. The third-order valence-corrected chi connectivity index (χ3v) is 3.25. The molecule has 0 saturated heterocycles. The van der Waals surface area contributed by atoms with E-state index in [0.717, 1.165) is 12.1 Å². The van der Waals surface area contributed by atoms with Crippen molar-refractivity contribution < 1.29 is 9.50 Å². The molecule has 1 aromatic carbocycles. The highest BCUT2D eigenvalue weighted by molar-refractivity contribution is 6.31. The van der Waals surface area contributed by atoms with Crippen LogP contribution in [0.15, 0.2) is 24.3 Å². The molecule has 112 valence electrons. The Hall–Kier alpha value is -1.72. The normalized spacial score (nSPS) is 10.7. The molecule has 2 rings (SSSR count). The highest BCUT2D eigenvalue weighted by atomic mass is 35.5. The molecule has 0 aliphatic heterocycles. The van der Waals surface area contributed by atoms with Gasteiger partial charge in [0.05, 0.1) is 5.02 Å². The van der Waals surface area contributed by atoms with Gasteiger partial charge in [0.15, 0.2) is 5.82 Å². The van der Waals surface area contributed by atoms with Gasteiger partial charge in [-0.25, -0.2) is 14.4 Å². The fourth-order valence-electron chi connectivity index (χ4n) is 1.83. The van der Waals surface area contributed by atoms with Crippen molar-refractivity contribution in [2.75, 3.05) is 18.5 Å². The number of hydrogen-bond acceptors (Lipinski definition) is 4. The molecule has 2 N–H and O–H groups in total. The van der Waals surface area contributed by atoms with Crippen molar-refractivity contribution in [1.29, 1.82) is 0 Å². The Morgan fingerprint density at radius 3 is 2.76 bits per heavy atom. The zero-order valence-electron chi connectivity index (χ0n) is 11.7. The molecule has 0 bridgehead atoms. The summed E-state index contributed by atoms with van der Waals surface area (Å²) in [5.74, 6) is 0.724. The molecule has 0 atom stereocenters. The van der Waals surface area contributed by atoms with Crippen LogP contribution < -0.4 is 5.32 Å². The van der Waals surface area contributed by atoms with Crippen molar-refractivity contribution in [2.45, 2.75) is 19.8 Å². The number of nitrogens with one attached hydrogen (secondary N) is 1. The number of benzene rings is 1. The number of aryl methyl sites for hydroxylation is 1. The van der Waals surface area contributed by atoms with Crippen LogP contribution in [0.2, 0.25) is 5.02 Å². The summed E-state index contributed by atoms with van der Waals surface area (Å²) in [7, 11) is 0. The molecular formula is C15H17ClFN3O. The van der Waals surface area contributed by atoms with E-state index in [-0.39, 0.29) is 11.6 Å². The predicted molar refractivity (Wildman–Crippen MR) is 82.0 cm³/mol. The summed E-state index contributed by atoms with van der Waals surface area (Å²) in [6, 6.07) is 6.29. The molecule has 0 aliphatic carbocycles. The maximum absolute atomic E-state index is 13.2. The van der Waals surface area contributed by atoms with Crippen molar-refractivity contribution >= 4 is 17.4 Å². The molecule has 4 nitrogen and oxygen atoms in total. The van der Waals surface area contributed by atoms with Gasteiger partial charge in [-0.05, 0) is 31.0 Å². The Labute approximate surface area is 128 Å². The summed E-state index contributed by atoms with van der Waals surface area (Å²) in [4.78, 5) is 8.85. The number of aliphatic hydroxyl groups is 1. The van der Waals surface area contributed by atoms with E-state index in [0.29, 0.717) is 30.2 Å². The molecule has 2 aromatic rings. The summed E-state index contributed by atoms with van der Waals surface area (Å²) in [5.41, 5.74) is 1.55. The second-order valence-electron chi connectivity index (χ2n) is 4.55. The summed E-state index contributed by atoms with van der Waals surface area (Å²) >= 11 is 5.81. The molecule has 1 heterocycles. The zero-order valence-corrected chi connectivity index (χ0v) is 12.5. The minimum Gasteiger partial charge on any atom is -0.396 e. The fraction of sp³-hybridized carbons (Fsp3) is 0.333. The van der Waals surface area contributed by atoms with Crippen LogP contribution in [0.3, 0.4) is 0 Å². The van der Waals surface area contributed by atoms with E-state index in [4.69, 9.17) is 16.7 Å². The van der Waals surface area contributed by atoms with Gasteiger partial charge in [-0.2, -0.15) is 0 Å². The second kappa shape index (κ2) is 7.33. The van der Waals surface area contributed by atoms with Crippen molar-refractivity contribution in [3.8, 4) is 11.4 Å². The first-order chi connectivity index (χ1) is 10.1. The lowest BCUT2D eigenvalue weighted by molar-refractivity contribution is 0.292. The van der Waals surface area contributed by atoms with Crippen molar-refractivity contribution in [3.05, 3.63) is 40.8 Å². The topological polar surface area (TPSA) is 58.0 Å². The Balaban J connectivity index is 2.33. The highest BCUT2D eigenvalue weighted by Crippen LogP contribution is 2.23. The first kappa shape index (κ1) is 15.7. The zero-order chi connectivity index (χ0) is 15.2. The van der Waals surface area contributed by atoms with Crippen LogP contribution in [0.5, 0.6) is 0 Å². The Bertz CT molecular complexity index is 622. The second-order valence-corrected chi connectivity index (χ2v) is 4.96. The van der Waals surface area contributed by atoms with E-state index >= 15 is 0 Å². The number of rotatable bonds is 6. The van der Waals surface area contributed by atoms with Gasteiger partial charge in [-0.15, -0.1) is 0 Å². The summed E-state index contributed by atoms with van der Waals surface area (Å²) < 4.78 is 13.2. The Morgan fingerprint density at radius 2 is 2.10 bits per heavy atom. The molecule has 0 aliphatic rings. The number of aliphatic hydroxyl groups excluding tert-OH is 1. The number of halogens is 2. The van der Waals surface area contributed by atoms with Gasteiger partial charge in [0, 0.05) is 30.5 Å². The van der Waals surface area contributed by atoms with Crippen molar-refractivity contribution in [3.63, 3.8) is 0 Å². The van der Waals surface area contributed by atoms with E-state index in [1.54, 1.807) is 6.07 Å². The number of hydrogen-bond donors (Lipinski definition) is 2. The highest BCUT2D eigenvalue weighted by Gasteiger charge is 2.08. The van der Waals surface area contributed by atoms with E-state index < -0.39 is 5.82 Å². The van der Waals surface area contributed by atoms with Gasteiger partial charge < -0.3 is 10.4 Å². The molecule has 6 heteroatoms. The fourth-order valence-corrected chi connectivity index (χ4v) is 2.01. The quantitative estimate of drug-likeness (QED) is 0.804. The molecule has 0 unspecified atom stereocenters. The third kappa shape index (κ3) is 4.12. The molecule has 0 radical (unpaired) electrons. The molecular weight excluding hydrogens is 293 g/mol. The van der Waals surface area contributed by atoms with Crippen molar-refractivity contribution in [1.82, 2.24) is 9.97 Å². The maximum atomic E-state index is 13.2. The SMILES string of the molecule is CCc1cc(NCCCO)nc(-c2ccc(F)c(Cl)c2)n1. The largest absolute Gasteiger partial charge is 0.396 e. The van der Waals surface area contributed by atoms with E-state index in [2.05, 4.69) is 15.3 Å². The molecule has 0 amide bonds.